The van der Waals surface area contributed by atoms with Crippen LogP contribution < -0.4 is 24.8 Å². The van der Waals surface area contributed by atoms with Crippen LogP contribution >= 0.6 is 0 Å². The number of nitrogens with one attached hydrogen (secondary N) is 3. The predicted molar refractivity (Wildman–Crippen MR) is 157 cm³/mol. The number of aromatic nitrogens is 2. The standard InChI is InChI=1S/C32H36FN5O6/c1-42-28-8-6-20-14-29(28)43-18-30(39)35-26-17-38(31(40)9-7-25-23-4-2-3-5-24(23)36-37-25)11-10-27(26)44-22-13-19(12-21(33)15-22)16-34-32(20)41/h6,8,12-15,26-27H,2-5,7,9-11,16-18H2,1H3,(H,34,41)(H,35,39)(H,36,37)/t26-,27+/m1/s1. The van der Waals surface area contributed by atoms with Gasteiger partial charge in [-0.25, -0.2) is 4.39 Å². The van der Waals surface area contributed by atoms with E-state index in [0.29, 0.717) is 37.1 Å². The lowest BCUT2D eigenvalue weighted by molar-refractivity contribution is -0.135. The molecule has 3 amide bonds. The Hall–Kier alpha value is -4.61. The van der Waals surface area contributed by atoms with E-state index in [9.17, 15) is 18.8 Å². The van der Waals surface area contributed by atoms with Crippen molar-refractivity contribution < 1.29 is 33.0 Å². The van der Waals surface area contributed by atoms with Crippen molar-refractivity contribution >= 4 is 17.7 Å². The maximum atomic E-state index is 14.6. The lowest BCUT2D eigenvalue weighted by Crippen LogP contribution is -2.58. The number of hydrogen-bond acceptors (Lipinski definition) is 7. The zero-order valence-corrected chi connectivity index (χ0v) is 24.6. The van der Waals surface area contributed by atoms with Crippen LogP contribution in [-0.4, -0.2) is 71.8 Å². The van der Waals surface area contributed by atoms with E-state index in [1.54, 1.807) is 23.1 Å². The highest BCUT2D eigenvalue weighted by molar-refractivity contribution is 5.95. The fraction of sp³-hybridized carbons (Fsp3) is 0.438. The number of carbonyl (C=O) groups is 3. The third-order valence-corrected chi connectivity index (χ3v) is 8.42. The van der Waals surface area contributed by atoms with E-state index in [0.717, 1.165) is 31.4 Å². The Labute approximate surface area is 254 Å². The number of benzene rings is 2. The number of amides is 3. The molecule has 0 spiro atoms. The number of halogens is 1. The summed E-state index contributed by atoms with van der Waals surface area (Å²) >= 11 is 0. The Bertz CT molecular complexity index is 1560. The lowest BCUT2D eigenvalue weighted by Gasteiger charge is -2.39. The summed E-state index contributed by atoms with van der Waals surface area (Å²) in [5, 5.41) is 13.3. The summed E-state index contributed by atoms with van der Waals surface area (Å²) in [5.41, 5.74) is 4.19. The lowest BCUT2D eigenvalue weighted by atomic mass is 9.94. The van der Waals surface area contributed by atoms with Gasteiger partial charge in [-0.15, -0.1) is 0 Å². The molecule has 232 valence electrons. The quantitative estimate of drug-likeness (QED) is 0.416. The van der Waals surface area contributed by atoms with Crippen molar-refractivity contribution in [3.05, 3.63) is 70.3 Å². The van der Waals surface area contributed by atoms with Crippen LogP contribution in [0.5, 0.6) is 17.2 Å². The fourth-order valence-corrected chi connectivity index (χ4v) is 6.15. The molecular formula is C32H36FN5O6. The zero-order valence-electron chi connectivity index (χ0n) is 24.6. The van der Waals surface area contributed by atoms with Gasteiger partial charge in [0.15, 0.2) is 18.1 Å². The number of hydrogen-bond donors (Lipinski definition) is 3. The number of aromatic amines is 1. The summed E-state index contributed by atoms with van der Waals surface area (Å²) in [6, 6.07) is 8.34. The molecule has 2 aliphatic heterocycles. The summed E-state index contributed by atoms with van der Waals surface area (Å²) in [6.07, 6.45) is 5.01. The molecule has 1 aliphatic carbocycles. The average Bonchev–Trinajstić information content (AvgIpc) is 3.44. The van der Waals surface area contributed by atoms with Gasteiger partial charge in [-0.2, -0.15) is 5.10 Å². The second-order valence-electron chi connectivity index (χ2n) is 11.4. The van der Waals surface area contributed by atoms with Gasteiger partial charge in [-0.1, -0.05) is 0 Å². The summed E-state index contributed by atoms with van der Waals surface area (Å²) in [5.74, 6) is -0.518. The zero-order chi connectivity index (χ0) is 30.6. The van der Waals surface area contributed by atoms with E-state index in [-0.39, 0.29) is 42.7 Å². The molecule has 1 aromatic heterocycles. The van der Waals surface area contributed by atoms with Gasteiger partial charge in [0.1, 0.15) is 17.7 Å². The molecule has 3 aromatic rings. The van der Waals surface area contributed by atoms with Gasteiger partial charge in [0.25, 0.3) is 11.8 Å². The summed E-state index contributed by atoms with van der Waals surface area (Å²) in [6.45, 7) is 0.368. The van der Waals surface area contributed by atoms with E-state index in [4.69, 9.17) is 14.2 Å². The Morgan fingerprint density at radius 2 is 2.02 bits per heavy atom. The van der Waals surface area contributed by atoms with Crippen molar-refractivity contribution in [3.8, 4) is 17.2 Å². The van der Waals surface area contributed by atoms with Gasteiger partial charge in [-0.05, 0) is 67.1 Å². The van der Waals surface area contributed by atoms with Crippen molar-refractivity contribution in [2.24, 2.45) is 0 Å². The van der Waals surface area contributed by atoms with Gasteiger partial charge in [0.05, 0.1) is 18.8 Å². The highest BCUT2D eigenvalue weighted by atomic mass is 19.1. The van der Waals surface area contributed by atoms with Gasteiger partial charge in [0.2, 0.25) is 5.91 Å². The van der Waals surface area contributed by atoms with Crippen molar-refractivity contribution in [1.29, 1.82) is 0 Å². The molecular weight excluding hydrogens is 569 g/mol. The minimum atomic E-state index is -0.575. The number of piperidine rings is 1. The van der Waals surface area contributed by atoms with E-state index in [2.05, 4.69) is 20.8 Å². The van der Waals surface area contributed by atoms with E-state index >= 15 is 0 Å². The first-order chi connectivity index (χ1) is 21.4. The van der Waals surface area contributed by atoms with Crippen LogP contribution in [0.2, 0.25) is 0 Å². The van der Waals surface area contributed by atoms with Crippen molar-refractivity contribution in [2.75, 3.05) is 26.8 Å². The van der Waals surface area contributed by atoms with Crippen LogP contribution in [0.1, 0.15) is 58.6 Å². The van der Waals surface area contributed by atoms with E-state index < -0.39 is 29.8 Å². The highest BCUT2D eigenvalue weighted by Crippen LogP contribution is 2.29. The normalized spacial score (nSPS) is 20.3. The van der Waals surface area contributed by atoms with Gasteiger partial charge in [0, 0.05) is 56.2 Å². The van der Waals surface area contributed by atoms with Gasteiger partial charge < -0.3 is 29.7 Å². The maximum Gasteiger partial charge on any atom is 0.258 e. The van der Waals surface area contributed by atoms with Crippen molar-refractivity contribution in [1.82, 2.24) is 25.7 Å². The molecule has 3 aliphatic rings. The number of H-pyrrole nitrogens is 1. The molecule has 12 heteroatoms. The molecule has 0 saturated carbocycles. The summed E-state index contributed by atoms with van der Waals surface area (Å²) in [4.78, 5) is 41.0. The van der Waals surface area contributed by atoms with Crippen LogP contribution in [0.15, 0.2) is 36.4 Å². The molecule has 44 heavy (non-hydrogen) atoms. The fourth-order valence-electron chi connectivity index (χ4n) is 6.15. The minimum absolute atomic E-state index is 0.0287. The molecule has 6 rings (SSSR count). The third kappa shape index (κ3) is 6.63. The van der Waals surface area contributed by atoms with E-state index in [1.165, 1.54) is 36.6 Å². The molecule has 2 aromatic carbocycles. The largest absolute Gasteiger partial charge is 0.493 e. The molecule has 3 heterocycles. The summed E-state index contributed by atoms with van der Waals surface area (Å²) < 4.78 is 31.9. The Morgan fingerprint density at radius 3 is 2.89 bits per heavy atom. The Morgan fingerprint density at radius 1 is 1.16 bits per heavy atom. The van der Waals surface area contributed by atoms with E-state index in [1.807, 2.05) is 0 Å². The number of ether oxygens (including phenoxy) is 3. The molecule has 0 unspecified atom stereocenters. The van der Waals surface area contributed by atoms with Crippen LogP contribution in [-0.2, 0) is 35.4 Å². The third-order valence-electron chi connectivity index (χ3n) is 8.42. The first-order valence-electron chi connectivity index (χ1n) is 15.0. The van der Waals surface area contributed by atoms with Gasteiger partial charge in [-0.3, -0.25) is 19.5 Å². The number of carbonyl (C=O) groups excluding carboxylic acids is 3. The maximum absolute atomic E-state index is 14.6. The molecule has 1 fully saturated rings. The predicted octanol–water partition coefficient (Wildman–Crippen LogP) is 2.86. The molecule has 3 N–H and O–H groups in total. The Kier molecular flexibility index (Phi) is 8.67. The van der Waals surface area contributed by atoms with Crippen LogP contribution in [0, 0.1) is 5.82 Å². The van der Waals surface area contributed by atoms with Gasteiger partial charge >= 0.3 is 0 Å². The number of likely N-dealkylation sites (tertiary alicyclic amines) is 1. The SMILES string of the molecule is COc1ccc2cc1OCC(=O)N[C@@H]1CN(C(=O)CCc3n[nH]c4c3CCCC4)CC[C@@H]1Oc1cc(F)cc(c1)CNC2=O. The molecule has 11 nitrogen and oxygen atoms in total. The minimum Gasteiger partial charge on any atom is -0.493 e. The highest BCUT2D eigenvalue weighted by Gasteiger charge is 2.34. The molecule has 0 radical (unpaired) electrons. The molecule has 4 bridgehead atoms. The second kappa shape index (κ2) is 12.9. The van der Waals surface area contributed by atoms with Crippen molar-refractivity contribution in [2.45, 2.75) is 63.6 Å². The summed E-state index contributed by atoms with van der Waals surface area (Å²) in [7, 11) is 1.46. The number of fused-ring (bicyclic) bond motifs is 6. The number of nitrogens with zero attached hydrogens (tertiary/aromatic N) is 2. The van der Waals surface area contributed by atoms with Crippen molar-refractivity contribution in [3.63, 3.8) is 0 Å². The second-order valence-corrected chi connectivity index (χ2v) is 11.4. The first kappa shape index (κ1) is 29.5. The Balaban J connectivity index is 1.20. The number of aryl methyl sites for hydroxylation is 2. The van der Waals surface area contributed by atoms with Crippen LogP contribution in [0.25, 0.3) is 0 Å². The molecule has 2 atom stereocenters. The average molecular weight is 606 g/mol. The first-order valence-corrected chi connectivity index (χ1v) is 15.0. The molecule has 1 saturated heterocycles. The number of rotatable bonds is 4. The monoisotopic (exact) mass is 605 g/mol. The van der Waals surface area contributed by atoms with Crippen LogP contribution in [0.4, 0.5) is 4.39 Å². The van der Waals surface area contributed by atoms with Crippen LogP contribution in [0.3, 0.4) is 0 Å². The smallest absolute Gasteiger partial charge is 0.258 e. The number of methoxy groups -OCH3 is 1. The topological polar surface area (TPSA) is 135 Å².